The van der Waals surface area contributed by atoms with Crippen LogP contribution in [0.1, 0.15) is 30.7 Å². The monoisotopic (exact) mass is 290 g/mol. The molecular weight excluding hydrogens is 272 g/mol. The first kappa shape index (κ1) is 13.5. The third-order valence-corrected chi connectivity index (χ3v) is 5.00. The van der Waals surface area contributed by atoms with E-state index in [1.807, 2.05) is 30.3 Å². The molecule has 0 aromatic heterocycles. The number of benzene rings is 1. The van der Waals surface area contributed by atoms with Gasteiger partial charge in [-0.2, -0.15) is 0 Å². The van der Waals surface area contributed by atoms with Gasteiger partial charge in [-0.1, -0.05) is 30.3 Å². The highest BCUT2D eigenvalue weighted by molar-refractivity contribution is 7.99. The Labute approximate surface area is 122 Å². The van der Waals surface area contributed by atoms with E-state index >= 15 is 0 Å². The predicted molar refractivity (Wildman–Crippen MR) is 79.1 cm³/mol. The SMILES string of the molecule is CC(=O)N1C(C(=O)NC2CC2)CSC1c1ccccc1. The van der Waals surface area contributed by atoms with Gasteiger partial charge in [-0.3, -0.25) is 9.59 Å². The summed E-state index contributed by atoms with van der Waals surface area (Å²) in [7, 11) is 0. The second-order valence-corrected chi connectivity index (χ2v) is 6.43. The minimum Gasteiger partial charge on any atom is -0.352 e. The molecule has 0 spiro atoms. The molecule has 1 heterocycles. The first-order valence-corrected chi connectivity index (χ1v) is 7.97. The summed E-state index contributed by atoms with van der Waals surface area (Å²) >= 11 is 1.66. The van der Waals surface area contributed by atoms with E-state index in [-0.39, 0.29) is 23.2 Å². The maximum absolute atomic E-state index is 12.3. The molecule has 20 heavy (non-hydrogen) atoms. The lowest BCUT2D eigenvalue weighted by atomic mass is 10.1. The number of hydrogen-bond donors (Lipinski definition) is 1. The quantitative estimate of drug-likeness (QED) is 0.925. The van der Waals surface area contributed by atoms with E-state index in [0.717, 1.165) is 18.4 Å². The van der Waals surface area contributed by atoms with Crippen molar-refractivity contribution in [3.8, 4) is 0 Å². The standard InChI is InChI=1S/C15H18N2O2S/c1-10(18)17-13(14(19)16-12-7-8-12)9-20-15(17)11-5-3-2-4-6-11/h2-6,12-13,15H,7-9H2,1H3,(H,16,19). The molecule has 1 aliphatic carbocycles. The molecule has 2 aliphatic rings. The predicted octanol–water partition coefficient (Wildman–Crippen LogP) is 1.93. The summed E-state index contributed by atoms with van der Waals surface area (Å²) in [5, 5.41) is 2.95. The van der Waals surface area contributed by atoms with E-state index in [0.29, 0.717) is 11.8 Å². The van der Waals surface area contributed by atoms with E-state index in [2.05, 4.69) is 5.32 Å². The Morgan fingerprint density at radius 1 is 1.25 bits per heavy atom. The normalized spacial score (nSPS) is 25.6. The minimum absolute atomic E-state index is 0.00590. The fourth-order valence-electron chi connectivity index (χ4n) is 2.49. The summed E-state index contributed by atoms with van der Waals surface area (Å²) in [5.74, 6) is 0.617. The molecule has 4 nitrogen and oxygen atoms in total. The van der Waals surface area contributed by atoms with Gasteiger partial charge in [-0.25, -0.2) is 0 Å². The Bertz CT molecular complexity index is 516. The van der Waals surface area contributed by atoms with Gasteiger partial charge in [-0.15, -0.1) is 11.8 Å². The van der Waals surface area contributed by atoms with E-state index in [1.54, 1.807) is 23.6 Å². The topological polar surface area (TPSA) is 49.4 Å². The number of thioether (sulfide) groups is 1. The lowest BCUT2D eigenvalue weighted by Gasteiger charge is -2.27. The summed E-state index contributed by atoms with van der Waals surface area (Å²) in [6.45, 7) is 1.54. The summed E-state index contributed by atoms with van der Waals surface area (Å²) in [4.78, 5) is 26.0. The first-order valence-electron chi connectivity index (χ1n) is 6.92. The number of nitrogens with zero attached hydrogens (tertiary/aromatic N) is 1. The van der Waals surface area contributed by atoms with Crippen molar-refractivity contribution < 1.29 is 9.59 Å². The Hall–Kier alpha value is -1.49. The van der Waals surface area contributed by atoms with Crippen LogP contribution in [0.25, 0.3) is 0 Å². The molecule has 5 heteroatoms. The molecule has 2 atom stereocenters. The molecule has 0 bridgehead atoms. The zero-order valence-corrected chi connectivity index (χ0v) is 12.2. The van der Waals surface area contributed by atoms with Gasteiger partial charge in [0.2, 0.25) is 11.8 Å². The largest absolute Gasteiger partial charge is 0.352 e. The van der Waals surface area contributed by atoms with Crippen molar-refractivity contribution in [2.24, 2.45) is 0 Å². The van der Waals surface area contributed by atoms with Crippen LogP contribution >= 0.6 is 11.8 Å². The summed E-state index contributed by atoms with van der Waals surface area (Å²) in [6, 6.07) is 9.89. The lowest BCUT2D eigenvalue weighted by Crippen LogP contribution is -2.47. The van der Waals surface area contributed by atoms with E-state index in [9.17, 15) is 9.59 Å². The van der Waals surface area contributed by atoms with Gasteiger partial charge >= 0.3 is 0 Å². The van der Waals surface area contributed by atoms with Gasteiger partial charge in [0.05, 0.1) is 0 Å². The van der Waals surface area contributed by atoms with Crippen LogP contribution in [0.5, 0.6) is 0 Å². The highest BCUT2D eigenvalue weighted by Gasteiger charge is 2.41. The number of carbonyl (C=O) groups excluding carboxylic acids is 2. The molecule has 106 valence electrons. The molecule has 2 fully saturated rings. The smallest absolute Gasteiger partial charge is 0.243 e. The first-order chi connectivity index (χ1) is 9.66. The number of nitrogens with one attached hydrogen (secondary N) is 1. The molecule has 1 saturated heterocycles. The van der Waals surface area contributed by atoms with Gasteiger partial charge in [0.1, 0.15) is 11.4 Å². The van der Waals surface area contributed by atoms with Crippen LogP contribution in [-0.2, 0) is 9.59 Å². The fourth-order valence-corrected chi connectivity index (χ4v) is 3.97. The van der Waals surface area contributed by atoms with Crippen molar-refractivity contribution >= 4 is 23.6 Å². The molecule has 0 radical (unpaired) electrons. The molecule has 1 aromatic carbocycles. The van der Waals surface area contributed by atoms with Crippen molar-refractivity contribution in [1.29, 1.82) is 0 Å². The van der Waals surface area contributed by atoms with Crippen molar-refractivity contribution in [1.82, 2.24) is 10.2 Å². The van der Waals surface area contributed by atoms with E-state index in [1.165, 1.54) is 0 Å². The molecule has 2 unspecified atom stereocenters. The summed E-state index contributed by atoms with van der Waals surface area (Å²) < 4.78 is 0. The highest BCUT2D eigenvalue weighted by atomic mass is 32.2. The second kappa shape index (κ2) is 5.48. The molecule has 1 aliphatic heterocycles. The number of carbonyl (C=O) groups is 2. The molecule has 1 aromatic rings. The van der Waals surface area contributed by atoms with E-state index < -0.39 is 0 Å². The Balaban J connectivity index is 1.79. The fraction of sp³-hybridized carbons (Fsp3) is 0.467. The zero-order valence-electron chi connectivity index (χ0n) is 11.4. The van der Waals surface area contributed by atoms with Crippen molar-refractivity contribution in [3.05, 3.63) is 35.9 Å². The maximum Gasteiger partial charge on any atom is 0.243 e. The zero-order chi connectivity index (χ0) is 14.1. The molecule has 1 N–H and O–H groups in total. The maximum atomic E-state index is 12.3. The lowest BCUT2D eigenvalue weighted by molar-refractivity contribution is -0.138. The van der Waals surface area contributed by atoms with Gasteiger partial charge in [-0.05, 0) is 18.4 Å². The van der Waals surface area contributed by atoms with E-state index in [4.69, 9.17) is 0 Å². The van der Waals surface area contributed by atoms with Crippen LogP contribution in [0.15, 0.2) is 30.3 Å². The van der Waals surface area contributed by atoms with Crippen LogP contribution < -0.4 is 5.32 Å². The molecule has 2 amide bonds. The van der Waals surface area contributed by atoms with Crippen molar-refractivity contribution in [2.45, 2.75) is 37.2 Å². The van der Waals surface area contributed by atoms with Gasteiger partial charge in [0.25, 0.3) is 0 Å². The van der Waals surface area contributed by atoms with Gasteiger partial charge in [0, 0.05) is 18.7 Å². The Kier molecular flexibility index (Phi) is 3.70. The summed E-state index contributed by atoms with van der Waals surface area (Å²) in [6.07, 6.45) is 2.13. The Morgan fingerprint density at radius 2 is 1.95 bits per heavy atom. The average molecular weight is 290 g/mol. The number of hydrogen-bond acceptors (Lipinski definition) is 3. The van der Waals surface area contributed by atoms with Crippen LogP contribution in [0.4, 0.5) is 0 Å². The number of amides is 2. The minimum atomic E-state index is -0.344. The van der Waals surface area contributed by atoms with Crippen LogP contribution in [-0.4, -0.2) is 34.6 Å². The third-order valence-electron chi connectivity index (χ3n) is 3.68. The summed E-state index contributed by atoms with van der Waals surface area (Å²) in [5.41, 5.74) is 1.08. The van der Waals surface area contributed by atoms with Crippen LogP contribution in [0.3, 0.4) is 0 Å². The highest BCUT2D eigenvalue weighted by Crippen LogP contribution is 2.41. The van der Waals surface area contributed by atoms with Crippen LogP contribution in [0.2, 0.25) is 0 Å². The average Bonchev–Trinajstić information content (AvgIpc) is 3.14. The van der Waals surface area contributed by atoms with Gasteiger partial charge < -0.3 is 10.2 Å². The Morgan fingerprint density at radius 3 is 2.55 bits per heavy atom. The second-order valence-electron chi connectivity index (χ2n) is 5.32. The van der Waals surface area contributed by atoms with Gasteiger partial charge in [0.15, 0.2) is 0 Å². The third kappa shape index (κ3) is 2.68. The molecule has 3 rings (SSSR count). The van der Waals surface area contributed by atoms with Crippen molar-refractivity contribution in [2.75, 3.05) is 5.75 Å². The van der Waals surface area contributed by atoms with Crippen LogP contribution in [0, 0.1) is 0 Å². The number of rotatable bonds is 3. The molecule has 1 saturated carbocycles. The molecular formula is C15H18N2O2S. The van der Waals surface area contributed by atoms with Crippen molar-refractivity contribution in [3.63, 3.8) is 0 Å².